The molecular formula is C20H29N3O. The number of aryl methyl sites for hydroxylation is 1. The van der Waals surface area contributed by atoms with E-state index in [1.54, 1.807) is 0 Å². The first kappa shape index (κ1) is 17.0. The van der Waals surface area contributed by atoms with Crippen LogP contribution in [0.2, 0.25) is 0 Å². The second-order valence-corrected chi connectivity index (χ2v) is 7.58. The Morgan fingerprint density at radius 3 is 2.71 bits per heavy atom. The van der Waals surface area contributed by atoms with Gasteiger partial charge in [-0.1, -0.05) is 23.8 Å². The van der Waals surface area contributed by atoms with E-state index in [-0.39, 0.29) is 17.5 Å². The number of rotatable bonds is 3. The van der Waals surface area contributed by atoms with E-state index >= 15 is 0 Å². The highest BCUT2D eigenvalue weighted by Crippen LogP contribution is 2.47. The minimum Gasteiger partial charge on any atom is -0.336 e. The molecule has 4 heteroatoms. The van der Waals surface area contributed by atoms with Gasteiger partial charge in [0.15, 0.2) is 0 Å². The molecule has 0 aromatic heterocycles. The van der Waals surface area contributed by atoms with Crippen LogP contribution in [0.1, 0.15) is 37.8 Å². The van der Waals surface area contributed by atoms with Crippen LogP contribution in [0.4, 0.5) is 10.5 Å². The monoisotopic (exact) mass is 327 g/mol. The van der Waals surface area contributed by atoms with Gasteiger partial charge in [0.1, 0.15) is 0 Å². The van der Waals surface area contributed by atoms with Crippen LogP contribution in [0.15, 0.2) is 30.9 Å². The lowest BCUT2D eigenvalue weighted by molar-refractivity contribution is 0.180. The molecule has 1 aromatic carbocycles. The first-order valence-corrected chi connectivity index (χ1v) is 8.97. The summed E-state index contributed by atoms with van der Waals surface area (Å²) in [5, 5.41) is 3.05. The summed E-state index contributed by atoms with van der Waals surface area (Å²) < 4.78 is 0. The van der Waals surface area contributed by atoms with E-state index in [2.05, 4.69) is 41.9 Å². The molecule has 1 aromatic rings. The highest BCUT2D eigenvalue weighted by Gasteiger charge is 2.46. The standard InChI is InChI=1S/C20H29N3O/c1-5-10-22-11-8-20(9-12-22)14-23(19(24)21-15(2)3)18-7-6-16(4)13-17(18)20/h5-7,13,15H,1,8-12,14H2,2-4H3,(H,21,24). The number of piperidine rings is 1. The summed E-state index contributed by atoms with van der Waals surface area (Å²) in [6.45, 7) is 13.9. The minimum atomic E-state index is 0.0282. The lowest BCUT2D eigenvalue weighted by Gasteiger charge is -2.39. The Kier molecular flexibility index (Phi) is 4.68. The number of fused-ring (bicyclic) bond motifs is 2. The Labute approximate surface area is 145 Å². The van der Waals surface area contributed by atoms with Gasteiger partial charge in [-0.05, 0) is 58.3 Å². The average molecular weight is 327 g/mol. The smallest absolute Gasteiger partial charge is 0.322 e. The van der Waals surface area contributed by atoms with Gasteiger partial charge in [0, 0.05) is 30.2 Å². The summed E-state index contributed by atoms with van der Waals surface area (Å²) in [6, 6.07) is 6.70. The molecule has 1 spiro atoms. The van der Waals surface area contributed by atoms with Crippen molar-refractivity contribution >= 4 is 11.7 Å². The van der Waals surface area contributed by atoms with E-state index < -0.39 is 0 Å². The van der Waals surface area contributed by atoms with Crippen LogP contribution in [0.25, 0.3) is 0 Å². The number of carbonyl (C=O) groups excluding carboxylic acids is 1. The number of nitrogens with one attached hydrogen (secondary N) is 1. The Morgan fingerprint density at radius 1 is 1.38 bits per heavy atom. The Balaban J connectivity index is 1.89. The lowest BCUT2D eigenvalue weighted by atomic mass is 9.74. The highest BCUT2D eigenvalue weighted by molar-refractivity contribution is 5.95. The Bertz CT molecular complexity index is 630. The molecule has 1 fully saturated rings. The van der Waals surface area contributed by atoms with Gasteiger partial charge in [-0.3, -0.25) is 9.80 Å². The molecule has 2 aliphatic heterocycles. The maximum Gasteiger partial charge on any atom is 0.322 e. The molecule has 2 aliphatic rings. The fraction of sp³-hybridized carbons (Fsp3) is 0.550. The molecule has 3 rings (SSSR count). The van der Waals surface area contributed by atoms with Crippen molar-refractivity contribution in [2.75, 3.05) is 31.1 Å². The molecule has 0 radical (unpaired) electrons. The quantitative estimate of drug-likeness (QED) is 0.863. The van der Waals surface area contributed by atoms with E-state index in [0.717, 1.165) is 44.7 Å². The van der Waals surface area contributed by atoms with Crippen molar-refractivity contribution in [3.8, 4) is 0 Å². The van der Waals surface area contributed by atoms with Gasteiger partial charge in [0.25, 0.3) is 0 Å². The highest BCUT2D eigenvalue weighted by atomic mass is 16.2. The third kappa shape index (κ3) is 3.07. The molecule has 24 heavy (non-hydrogen) atoms. The molecule has 2 heterocycles. The molecule has 1 saturated heterocycles. The summed E-state index contributed by atoms with van der Waals surface area (Å²) in [5.41, 5.74) is 3.83. The summed E-state index contributed by atoms with van der Waals surface area (Å²) in [4.78, 5) is 17.1. The lowest BCUT2D eigenvalue weighted by Crippen LogP contribution is -2.48. The molecule has 1 N–H and O–H groups in total. The fourth-order valence-corrected chi connectivity index (χ4v) is 4.06. The van der Waals surface area contributed by atoms with Gasteiger partial charge in [0.05, 0.1) is 0 Å². The summed E-state index contributed by atoms with van der Waals surface area (Å²) in [7, 11) is 0. The zero-order valence-electron chi connectivity index (χ0n) is 15.1. The van der Waals surface area contributed by atoms with Crippen LogP contribution in [-0.2, 0) is 5.41 Å². The van der Waals surface area contributed by atoms with Gasteiger partial charge in [-0.2, -0.15) is 0 Å². The van der Waals surface area contributed by atoms with Crippen molar-refractivity contribution in [2.45, 2.75) is 45.1 Å². The van der Waals surface area contributed by atoms with Crippen molar-refractivity contribution in [1.29, 1.82) is 0 Å². The van der Waals surface area contributed by atoms with Gasteiger partial charge >= 0.3 is 6.03 Å². The van der Waals surface area contributed by atoms with Crippen LogP contribution < -0.4 is 10.2 Å². The van der Waals surface area contributed by atoms with Crippen LogP contribution >= 0.6 is 0 Å². The normalized spacial score (nSPS) is 19.6. The van der Waals surface area contributed by atoms with Crippen molar-refractivity contribution < 1.29 is 4.79 Å². The van der Waals surface area contributed by atoms with E-state index in [4.69, 9.17) is 0 Å². The predicted octanol–water partition coefficient (Wildman–Crippen LogP) is 3.45. The Morgan fingerprint density at radius 2 is 2.08 bits per heavy atom. The first-order chi connectivity index (χ1) is 11.4. The van der Waals surface area contributed by atoms with Crippen LogP contribution in [-0.4, -0.2) is 43.2 Å². The number of hydrogen-bond acceptors (Lipinski definition) is 2. The van der Waals surface area contributed by atoms with Crippen LogP contribution in [0.5, 0.6) is 0 Å². The van der Waals surface area contributed by atoms with Crippen molar-refractivity contribution in [3.63, 3.8) is 0 Å². The van der Waals surface area contributed by atoms with Gasteiger partial charge in [0.2, 0.25) is 0 Å². The number of anilines is 1. The van der Waals surface area contributed by atoms with E-state index in [0.29, 0.717) is 0 Å². The zero-order valence-corrected chi connectivity index (χ0v) is 15.1. The fourth-order valence-electron chi connectivity index (χ4n) is 4.06. The molecular weight excluding hydrogens is 298 g/mol. The average Bonchev–Trinajstić information content (AvgIpc) is 2.84. The maximum atomic E-state index is 12.7. The maximum absolute atomic E-state index is 12.7. The number of nitrogens with zero attached hydrogens (tertiary/aromatic N) is 2. The number of urea groups is 1. The molecule has 2 amide bonds. The summed E-state index contributed by atoms with van der Waals surface area (Å²) >= 11 is 0. The molecule has 0 unspecified atom stereocenters. The van der Waals surface area contributed by atoms with Gasteiger partial charge in [-0.15, -0.1) is 6.58 Å². The van der Waals surface area contributed by atoms with Crippen LogP contribution in [0, 0.1) is 6.92 Å². The predicted molar refractivity (Wildman–Crippen MR) is 99.7 cm³/mol. The summed E-state index contributed by atoms with van der Waals surface area (Å²) in [6.07, 6.45) is 4.18. The number of hydrogen-bond donors (Lipinski definition) is 1. The number of likely N-dealkylation sites (tertiary alicyclic amines) is 1. The largest absolute Gasteiger partial charge is 0.336 e. The molecule has 4 nitrogen and oxygen atoms in total. The van der Waals surface area contributed by atoms with E-state index in [1.807, 2.05) is 24.8 Å². The summed E-state index contributed by atoms with van der Waals surface area (Å²) in [5.74, 6) is 0. The number of benzene rings is 1. The van der Waals surface area contributed by atoms with Crippen molar-refractivity contribution in [1.82, 2.24) is 10.2 Å². The molecule has 0 saturated carbocycles. The topological polar surface area (TPSA) is 35.6 Å². The Hall–Kier alpha value is -1.81. The zero-order chi connectivity index (χ0) is 17.3. The molecule has 130 valence electrons. The third-order valence-corrected chi connectivity index (χ3v) is 5.33. The van der Waals surface area contributed by atoms with Gasteiger partial charge in [-0.25, -0.2) is 4.79 Å². The first-order valence-electron chi connectivity index (χ1n) is 8.97. The van der Waals surface area contributed by atoms with E-state index in [9.17, 15) is 4.79 Å². The second kappa shape index (κ2) is 6.60. The number of carbonyl (C=O) groups is 1. The third-order valence-electron chi connectivity index (χ3n) is 5.33. The molecule has 0 bridgehead atoms. The van der Waals surface area contributed by atoms with Crippen molar-refractivity contribution in [2.24, 2.45) is 0 Å². The SMILES string of the molecule is C=CCN1CCC2(CC1)CN(C(=O)NC(C)C)c1ccc(C)cc12. The minimum absolute atomic E-state index is 0.0282. The molecule has 0 aliphatic carbocycles. The molecule has 0 atom stereocenters. The second-order valence-electron chi connectivity index (χ2n) is 7.58. The van der Waals surface area contributed by atoms with Gasteiger partial charge < -0.3 is 5.32 Å². The van der Waals surface area contributed by atoms with E-state index in [1.165, 1.54) is 11.1 Å². The van der Waals surface area contributed by atoms with Crippen molar-refractivity contribution in [3.05, 3.63) is 42.0 Å². The number of amides is 2. The van der Waals surface area contributed by atoms with Crippen LogP contribution in [0.3, 0.4) is 0 Å².